The molecule has 146 valence electrons. The van der Waals surface area contributed by atoms with Crippen LogP contribution >= 0.6 is 0 Å². The van der Waals surface area contributed by atoms with Crippen LogP contribution < -0.4 is 5.32 Å². The maximum Gasteiger partial charge on any atom is 0.256 e. The van der Waals surface area contributed by atoms with Gasteiger partial charge in [0, 0.05) is 18.4 Å². The minimum Gasteiger partial charge on any atom is -0.349 e. The number of nitrogens with one attached hydrogen (secondary N) is 1. The van der Waals surface area contributed by atoms with Gasteiger partial charge in [0.05, 0.1) is 11.9 Å². The molecular weight excluding hydrogens is 360 g/mol. The monoisotopic (exact) mass is 384 g/mol. The molecule has 0 aliphatic carbocycles. The second-order valence-electron chi connectivity index (χ2n) is 7.12. The van der Waals surface area contributed by atoms with Gasteiger partial charge in [-0.05, 0) is 49.6 Å². The van der Waals surface area contributed by atoms with Crippen LogP contribution in [-0.4, -0.2) is 26.3 Å². The number of aromatic nitrogens is 3. The van der Waals surface area contributed by atoms with Gasteiger partial charge in [0.2, 0.25) is 0 Å². The van der Waals surface area contributed by atoms with Gasteiger partial charge in [0.1, 0.15) is 5.56 Å². The van der Waals surface area contributed by atoms with Crippen LogP contribution in [0.4, 0.5) is 0 Å². The summed E-state index contributed by atoms with van der Waals surface area (Å²) in [5.74, 6) is 0.616. The van der Waals surface area contributed by atoms with Gasteiger partial charge < -0.3 is 9.88 Å². The topological polar surface area (TPSA) is 51.9 Å². The second-order valence-corrected chi connectivity index (χ2v) is 7.12. The molecule has 2 aromatic carbocycles. The Morgan fingerprint density at radius 1 is 0.966 bits per heavy atom. The maximum absolute atomic E-state index is 13.0. The Kier molecular flexibility index (Phi) is 5.56. The molecule has 1 amide bonds. The van der Waals surface area contributed by atoms with Crippen LogP contribution in [0.5, 0.6) is 0 Å². The first-order chi connectivity index (χ1) is 14.2. The number of hydrogen-bond acceptors (Lipinski definition) is 2. The molecule has 0 fully saturated rings. The zero-order valence-electron chi connectivity index (χ0n) is 16.4. The molecule has 0 spiro atoms. The number of hydrogen-bond donors (Lipinski definition) is 1. The fourth-order valence-electron chi connectivity index (χ4n) is 3.39. The lowest BCUT2D eigenvalue weighted by Gasteiger charge is -2.15. The normalized spacial score (nSPS) is 11.9. The molecule has 1 atom stereocenters. The molecule has 5 nitrogen and oxygen atoms in total. The van der Waals surface area contributed by atoms with Gasteiger partial charge in [-0.1, -0.05) is 48.5 Å². The Morgan fingerprint density at radius 3 is 2.31 bits per heavy atom. The van der Waals surface area contributed by atoms with Gasteiger partial charge in [-0.3, -0.25) is 4.79 Å². The quantitative estimate of drug-likeness (QED) is 0.513. The van der Waals surface area contributed by atoms with Crippen LogP contribution in [0.25, 0.3) is 11.5 Å². The summed E-state index contributed by atoms with van der Waals surface area (Å²) in [5, 5.41) is 7.63. The highest BCUT2D eigenvalue weighted by atomic mass is 16.1. The molecule has 0 aliphatic heterocycles. The largest absolute Gasteiger partial charge is 0.349 e. The van der Waals surface area contributed by atoms with Crippen molar-refractivity contribution in [1.82, 2.24) is 19.7 Å². The van der Waals surface area contributed by atoms with Crippen molar-refractivity contribution in [3.05, 3.63) is 103 Å². The molecule has 0 radical (unpaired) electrons. The predicted molar refractivity (Wildman–Crippen MR) is 115 cm³/mol. The van der Waals surface area contributed by atoms with E-state index in [2.05, 4.69) is 22.5 Å². The first-order valence-corrected chi connectivity index (χ1v) is 9.84. The smallest absolute Gasteiger partial charge is 0.256 e. The van der Waals surface area contributed by atoms with Crippen molar-refractivity contribution in [1.29, 1.82) is 0 Å². The average molecular weight is 384 g/mol. The summed E-state index contributed by atoms with van der Waals surface area (Å²) in [6, 6.07) is 24.1. The molecule has 4 rings (SSSR count). The second kappa shape index (κ2) is 8.61. The van der Waals surface area contributed by atoms with Crippen LogP contribution in [0.2, 0.25) is 0 Å². The van der Waals surface area contributed by atoms with Gasteiger partial charge >= 0.3 is 0 Å². The van der Waals surface area contributed by atoms with Crippen molar-refractivity contribution in [2.24, 2.45) is 0 Å². The summed E-state index contributed by atoms with van der Waals surface area (Å²) in [6.07, 6.45) is 7.29. The van der Waals surface area contributed by atoms with E-state index in [1.54, 1.807) is 10.9 Å². The highest BCUT2D eigenvalue weighted by molar-refractivity contribution is 5.97. The molecule has 29 heavy (non-hydrogen) atoms. The number of para-hydroxylation sites is 1. The highest BCUT2D eigenvalue weighted by Gasteiger charge is 2.21. The fourth-order valence-corrected chi connectivity index (χ4v) is 3.39. The third-order valence-corrected chi connectivity index (χ3v) is 4.92. The van der Waals surface area contributed by atoms with Gasteiger partial charge in [-0.15, -0.1) is 0 Å². The number of benzene rings is 2. The van der Waals surface area contributed by atoms with Crippen LogP contribution in [0, 0.1) is 0 Å². The van der Waals surface area contributed by atoms with Crippen molar-refractivity contribution in [3.63, 3.8) is 0 Å². The highest BCUT2D eigenvalue weighted by Crippen LogP contribution is 2.20. The van der Waals surface area contributed by atoms with Gasteiger partial charge in [0.15, 0.2) is 5.82 Å². The van der Waals surface area contributed by atoms with E-state index in [0.717, 1.165) is 24.3 Å². The minimum absolute atomic E-state index is 0.0558. The third kappa shape index (κ3) is 4.29. The number of amides is 1. The molecule has 2 aromatic heterocycles. The molecule has 0 aliphatic rings. The number of nitrogens with zero attached hydrogens (tertiary/aromatic N) is 3. The summed E-state index contributed by atoms with van der Waals surface area (Å²) in [4.78, 5) is 13.0. The van der Waals surface area contributed by atoms with E-state index in [0.29, 0.717) is 5.56 Å². The molecule has 2 heterocycles. The average Bonchev–Trinajstić information content (AvgIpc) is 3.43. The Labute approximate surface area is 170 Å². The van der Waals surface area contributed by atoms with Crippen LogP contribution in [0.15, 0.2) is 91.4 Å². The van der Waals surface area contributed by atoms with E-state index < -0.39 is 0 Å². The van der Waals surface area contributed by atoms with E-state index in [9.17, 15) is 4.79 Å². The summed E-state index contributed by atoms with van der Waals surface area (Å²) in [5.41, 5.74) is 2.74. The van der Waals surface area contributed by atoms with E-state index >= 15 is 0 Å². The zero-order chi connectivity index (χ0) is 20.1. The Bertz CT molecular complexity index is 1050. The van der Waals surface area contributed by atoms with Crippen molar-refractivity contribution in [2.75, 3.05) is 0 Å². The lowest BCUT2D eigenvalue weighted by molar-refractivity contribution is 0.0938. The third-order valence-electron chi connectivity index (χ3n) is 4.92. The summed E-state index contributed by atoms with van der Waals surface area (Å²) < 4.78 is 3.72. The van der Waals surface area contributed by atoms with E-state index in [4.69, 9.17) is 0 Å². The predicted octanol–water partition coefficient (Wildman–Crippen LogP) is 4.41. The lowest BCUT2D eigenvalue weighted by Crippen LogP contribution is -2.33. The van der Waals surface area contributed by atoms with Crippen molar-refractivity contribution >= 4 is 5.91 Å². The molecule has 0 saturated carbocycles. The van der Waals surface area contributed by atoms with Crippen LogP contribution in [0.1, 0.15) is 29.3 Å². The Balaban J connectivity index is 1.54. The fraction of sp³-hybridized carbons (Fsp3) is 0.167. The lowest BCUT2D eigenvalue weighted by atomic mass is 10.1. The molecule has 1 N–H and O–H groups in total. The molecular formula is C24H24N4O. The SMILES string of the molecule is C[C@H](CCc1ccccc1)NC(=O)c1cnn(-c2ccccc2)c1-n1cccc1. The van der Waals surface area contributed by atoms with E-state index in [-0.39, 0.29) is 11.9 Å². The van der Waals surface area contributed by atoms with E-state index in [1.165, 1.54) is 5.56 Å². The Hall–Kier alpha value is -3.60. The summed E-state index contributed by atoms with van der Waals surface area (Å²) in [7, 11) is 0. The maximum atomic E-state index is 13.0. The van der Waals surface area contributed by atoms with Gasteiger partial charge in [-0.2, -0.15) is 5.10 Å². The molecule has 0 bridgehead atoms. The number of carbonyl (C=O) groups is 1. The van der Waals surface area contributed by atoms with Crippen molar-refractivity contribution in [3.8, 4) is 11.5 Å². The molecule has 5 heteroatoms. The van der Waals surface area contributed by atoms with Crippen molar-refractivity contribution < 1.29 is 4.79 Å². The van der Waals surface area contributed by atoms with E-state index in [1.807, 2.05) is 84.5 Å². The molecule has 0 saturated heterocycles. The van der Waals surface area contributed by atoms with Crippen molar-refractivity contribution in [2.45, 2.75) is 25.8 Å². The van der Waals surface area contributed by atoms with Gasteiger partial charge in [0.25, 0.3) is 5.91 Å². The standard InChI is InChI=1S/C24H24N4O/c1-19(14-15-20-10-4-2-5-11-20)26-23(29)22-18-25-28(21-12-6-3-7-13-21)24(22)27-16-8-9-17-27/h2-13,16-19H,14-15H2,1H3,(H,26,29)/t19-/m1/s1. The summed E-state index contributed by atoms with van der Waals surface area (Å²) >= 11 is 0. The van der Waals surface area contributed by atoms with Crippen LogP contribution in [-0.2, 0) is 6.42 Å². The zero-order valence-corrected chi connectivity index (χ0v) is 16.4. The first kappa shape index (κ1) is 18.7. The number of rotatable bonds is 7. The van der Waals surface area contributed by atoms with Crippen LogP contribution in [0.3, 0.4) is 0 Å². The first-order valence-electron chi connectivity index (χ1n) is 9.84. The molecule has 0 unspecified atom stereocenters. The number of aryl methyl sites for hydroxylation is 1. The molecule has 4 aromatic rings. The summed E-state index contributed by atoms with van der Waals surface area (Å²) in [6.45, 7) is 2.04. The van der Waals surface area contributed by atoms with Gasteiger partial charge in [-0.25, -0.2) is 4.68 Å². The number of carbonyl (C=O) groups excluding carboxylic acids is 1. The Morgan fingerprint density at radius 2 is 1.62 bits per heavy atom. The minimum atomic E-state index is -0.114.